The number of hydrogen-bond acceptors (Lipinski definition) is 6. The van der Waals surface area contributed by atoms with Crippen molar-refractivity contribution >= 4 is 38.2 Å². The standard InChI is InChI=1S/C20H17ClN4O4S/c1-29-14-6-2-12(3-7-14)11-25-17-16(10-23-24-20(17)26)18(19(25)22)30(27,28)15-8-4-13(21)5-9-15/h2-10H,11,22H2,1H3,(H,24,26). The van der Waals surface area contributed by atoms with Crippen LogP contribution in [-0.4, -0.2) is 30.3 Å². The van der Waals surface area contributed by atoms with Gasteiger partial charge in [0.05, 0.1) is 18.2 Å². The normalized spacial score (nSPS) is 11.7. The molecule has 0 unspecified atom stereocenters. The summed E-state index contributed by atoms with van der Waals surface area (Å²) in [5.74, 6) is 0.631. The van der Waals surface area contributed by atoms with Crippen molar-refractivity contribution in [2.45, 2.75) is 16.3 Å². The minimum atomic E-state index is -4.03. The molecule has 0 amide bonds. The molecule has 2 aromatic heterocycles. The summed E-state index contributed by atoms with van der Waals surface area (Å²) >= 11 is 5.88. The minimum absolute atomic E-state index is 0.0161. The highest BCUT2D eigenvalue weighted by Gasteiger charge is 2.29. The SMILES string of the molecule is COc1ccc(Cn2c(N)c(S(=O)(=O)c3ccc(Cl)cc3)c3cn[nH]c(=O)c32)cc1. The van der Waals surface area contributed by atoms with E-state index < -0.39 is 15.4 Å². The lowest BCUT2D eigenvalue weighted by Gasteiger charge is -2.09. The number of nitrogen functional groups attached to an aromatic ring is 1. The number of nitrogens with two attached hydrogens (primary N) is 1. The van der Waals surface area contributed by atoms with Crippen LogP contribution in [0.25, 0.3) is 10.9 Å². The lowest BCUT2D eigenvalue weighted by molar-refractivity contribution is 0.414. The van der Waals surface area contributed by atoms with Gasteiger partial charge in [0.2, 0.25) is 9.84 Å². The Balaban J connectivity index is 1.93. The number of aromatic amines is 1. The van der Waals surface area contributed by atoms with Crippen LogP contribution in [0.5, 0.6) is 5.75 Å². The number of rotatable bonds is 5. The summed E-state index contributed by atoms with van der Waals surface area (Å²) in [4.78, 5) is 12.4. The fourth-order valence-electron chi connectivity index (χ4n) is 3.30. The topological polar surface area (TPSA) is 120 Å². The van der Waals surface area contributed by atoms with Crippen LogP contribution in [0, 0.1) is 0 Å². The highest BCUT2D eigenvalue weighted by molar-refractivity contribution is 7.92. The van der Waals surface area contributed by atoms with Gasteiger partial charge in [-0.05, 0) is 42.0 Å². The number of H-pyrrole nitrogens is 1. The van der Waals surface area contributed by atoms with Crippen LogP contribution < -0.4 is 16.0 Å². The number of halogens is 1. The van der Waals surface area contributed by atoms with Crippen LogP contribution in [0.1, 0.15) is 5.56 Å². The monoisotopic (exact) mass is 444 g/mol. The fourth-order valence-corrected chi connectivity index (χ4v) is 4.98. The van der Waals surface area contributed by atoms with Crippen LogP contribution in [0.3, 0.4) is 0 Å². The summed E-state index contributed by atoms with van der Waals surface area (Å²) in [6.45, 7) is 0.190. The van der Waals surface area contributed by atoms with Crippen LogP contribution >= 0.6 is 11.6 Å². The number of methoxy groups -OCH3 is 1. The van der Waals surface area contributed by atoms with E-state index in [1.807, 2.05) is 12.1 Å². The molecule has 2 heterocycles. The third-order valence-electron chi connectivity index (χ3n) is 4.76. The van der Waals surface area contributed by atoms with Crippen molar-refractivity contribution in [3.8, 4) is 5.75 Å². The summed E-state index contributed by atoms with van der Waals surface area (Å²) in [6.07, 6.45) is 1.29. The van der Waals surface area contributed by atoms with Crippen molar-refractivity contribution in [3.05, 3.63) is 75.7 Å². The third-order valence-corrected chi connectivity index (χ3v) is 6.87. The highest BCUT2D eigenvalue weighted by Crippen LogP contribution is 2.35. The van der Waals surface area contributed by atoms with Crippen LogP contribution in [0.4, 0.5) is 5.82 Å². The maximum atomic E-state index is 13.3. The van der Waals surface area contributed by atoms with Crippen LogP contribution in [0.2, 0.25) is 5.02 Å². The van der Waals surface area contributed by atoms with Crippen LogP contribution in [-0.2, 0) is 16.4 Å². The second-order valence-electron chi connectivity index (χ2n) is 6.57. The number of nitrogens with zero attached hydrogens (tertiary/aromatic N) is 2. The summed E-state index contributed by atoms with van der Waals surface area (Å²) in [5, 5.41) is 6.67. The zero-order valence-electron chi connectivity index (χ0n) is 15.8. The summed E-state index contributed by atoms with van der Waals surface area (Å²) in [7, 11) is -2.47. The van der Waals surface area contributed by atoms with E-state index in [0.717, 1.165) is 5.56 Å². The van der Waals surface area contributed by atoms with Crippen LogP contribution in [0.15, 0.2) is 69.3 Å². The molecule has 4 rings (SSSR count). The Bertz CT molecular complexity index is 1390. The Labute approximate surface area is 176 Å². The molecule has 0 radical (unpaired) electrons. The summed E-state index contributed by atoms with van der Waals surface area (Å²) in [6, 6.07) is 12.9. The van der Waals surface area contributed by atoms with Gasteiger partial charge >= 0.3 is 0 Å². The Morgan fingerprint density at radius 2 is 1.80 bits per heavy atom. The van der Waals surface area contributed by atoms with Gasteiger partial charge in [-0.3, -0.25) is 4.79 Å². The Morgan fingerprint density at radius 1 is 1.13 bits per heavy atom. The average molecular weight is 445 g/mol. The molecule has 0 aliphatic carbocycles. The average Bonchev–Trinajstić information content (AvgIpc) is 3.02. The van der Waals surface area contributed by atoms with Crippen molar-refractivity contribution < 1.29 is 13.2 Å². The second-order valence-corrected chi connectivity index (χ2v) is 8.89. The van der Waals surface area contributed by atoms with E-state index in [-0.39, 0.29) is 33.1 Å². The van der Waals surface area contributed by atoms with Gasteiger partial charge in [0, 0.05) is 17.0 Å². The van der Waals surface area contributed by atoms with Gasteiger partial charge in [-0.1, -0.05) is 23.7 Å². The van der Waals surface area contributed by atoms with Crippen molar-refractivity contribution in [1.82, 2.24) is 14.8 Å². The van der Waals surface area contributed by atoms with Crippen molar-refractivity contribution in [1.29, 1.82) is 0 Å². The molecule has 0 fully saturated rings. The molecule has 4 aromatic rings. The molecule has 0 aliphatic heterocycles. The van der Waals surface area contributed by atoms with Crippen molar-refractivity contribution in [3.63, 3.8) is 0 Å². The number of fused-ring (bicyclic) bond motifs is 1. The molecular formula is C20H17ClN4O4S. The molecule has 154 valence electrons. The summed E-state index contributed by atoms with van der Waals surface area (Å²) in [5.41, 5.74) is 6.70. The number of hydrogen-bond donors (Lipinski definition) is 2. The molecule has 3 N–H and O–H groups in total. The Kier molecular flexibility index (Phi) is 5.00. The van der Waals surface area contributed by atoms with Crippen molar-refractivity contribution in [2.24, 2.45) is 0 Å². The van der Waals surface area contributed by atoms with E-state index >= 15 is 0 Å². The molecule has 0 atom stereocenters. The van der Waals surface area contributed by atoms with E-state index in [4.69, 9.17) is 22.1 Å². The lowest BCUT2D eigenvalue weighted by Crippen LogP contribution is -2.14. The number of aromatic nitrogens is 3. The quantitative estimate of drug-likeness (QED) is 0.488. The first-order valence-electron chi connectivity index (χ1n) is 8.82. The number of ether oxygens (including phenoxy) is 1. The fraction of sp³-hybridized carbons (Fsp3) is 0.100. The van der Waals surface area contributed by atoms with Gasteiger partial charge in [-0.2, -0.15) is 5.10 Å². The summed E-state index contributed by atoms with van der Waals surface area (Å²) < 4.78 is 33.3. The largest absolute Gasteiger partial charge is 0.497 e. The number of nitrogens with one attached hydrogen (secondary N) is 1. The molecule has 0 bridgehead atoms. The molecule has 0 aliphatic rings. The first kappa shape index (κ1) is 20.0. The smallest absolute Gasteiger partial charge is 0.288 e. The Morgan fingerprint density at radius 3 is 2.43 bits per heavy atom. The predicted molar refractivity (Wildman–Crippen MR) is 114 cm³/mol. The van der Waals surface area contributed by atoms with Gasteiger partial charge in [-0.15, -0.1) is 0 Å². The minimum Gasteiger partial charge on any atom is -0.497 e. The second kappa shape index (κ2) is 7.51. The third kappa shape index (κ3) is 3.31. The molecule has 8 nitrogen and oxygen atoms in total. The van der Waals surface area contributed by atoms with E-state index in [9.17, 15) is 13.2 Å². The highest BCUT2D eigenvalue weighted by atomic mass is 35.5. The lowest BCUT2D eigenvalue weighted by atomic mass is 10.2. The molecule has 0 spiro atoms. The molecule has 0 saturated carbocycles. The first-order chi connectivity index (χ1) is 14.3. The predicted octanol–water partition coefficient (Wildman–Crippen LogP) is 2.85. The van der Waals surface area contributed by atoms with Gasteiger partial charge in [0.1, 0.15) is 22.0 Å². The molecule has 10 heteroatoms. The van der Waals surface area contributed by atoms with E-state index in [1.54, 1.807) is 19.2 Å². The van der Waals surface area contributed by atoms with E-state index in [0.29, 0.717) is 10.8 Å². The number of sulfone groups is 1. The molecule has 2 aromatic carbocycles. The molecule has 0 saturated heterocycles. The van der Waals surface area contributed by atoms with E-state index in [2.05, 4.69) is 10.2 Å². The zero-order chi connectivity index (χ0) is 21.5. The number of anilines is 1. The van der Waals surface area contributed by atoms with Gasteiger partial charge in [-0.25, -0.2) is 13.5 Å². The maximum Gasteiger partial charge on any atom is 0.288 e. The van der Waals surface area contributed by atoms with Gasteiger partial charge in [0.15, 0.2) is 0 Å². The maximum absolute atomic E-state index is 13.3. The Hall–Kier alpha value is -3.30. The zero-order valence-corrected chi connectivity index (χ0v) is 17.4. The first-order valence-corrected chi connectivity index (χ1v) is 10.7. The number of benzene rings is 2. The van der Waals surface area contributed by atoms with Gasteiger partial charge in [0.25, 0.3) is 5.56 Å². The van der Waals surface area contributed by atoms with Crippen molar-refractivity contribution in [2.75, 3.05) is 12.8 Å². The van der Waals surface area contributed by atoms with Gasteiger partial charge < -0.3 is 15.0 Å². The molecule has 30 heavy (non-hydrogen) atoms. The van der Waals surface area contributed by atoms with E-state index in [1.165, 1.54) is 35.0 Å². The molecular weight excluding hydrogens is 428 g/mol.